The first-order valence-corrected chi connectivity index (χ1v) is 11.2. The van der Waals surface area contributed by atoms with Gasteiger partial charge in [-0.2, -0.15) is 4.31 Å². The van der Waals surface area contributed by atoms with E-state index in [0.717, 1.165) is 11.3 Å². The highest BCUT2D eigenvalue weighted by Gasteiger charge is 2.25. The minimum Gasteiger partial charge on any atom is -0.352 e. The van der Waals surface area contributed by atoms with Gasteiger partial charge in [0.25, 0.3) is 5.91 Å². The summed E-state index contributed by atoms with van der Waals surface area (Å²) in [4.78, 5) is 16.9. The van der Waals surface area contributed by atoms with E-state index in [4.69, 9.17) is 11.6 Å². The molecule has 1 N–H and O–H groups in total. The van der Waals surface area contributed by atoms with Crippen molar-refractivity contribution in [3.8, 4) is 0 Å². The number of nitrogens with zero attached hydrogens (tertiary/aromatic N) is 3. The molecule has 7 nitrogen and oxygen atoms in total. The molecule has 0 fully saturated rings. The molecule has 1 aromatic carbocycles. The number of pyridine rings is 1. The zero-order chi connectivity index (χ0) is 21.0. The lowest BCUT2D eigenvalue weighted by Gasteiger charge is -2.19. The number of hydrogen-bond acceptors (Lipinski definition) is 4. The zero-order valence-corrected chi connectivity index (χ0v) is 17.9. The molecule has 2 heterocycles. The van der Waals surface area contributed by atoms with E-state index < -0.39 is 10.0 Å². The third-order valence-electron chi connectivity index (χ3n) is 4.60. The molecular weight excluding hydrogens is 412 g/mol. The zero-order valence-electron chi connectivity index (χ0n) is 16.3. The van der Waals surface area contributed by atoms with Crippen LogP contribution in [0, 0.1) is 0 Å². The average Bonchev–Trinajstić information content (AvgIpc) is 3.11. The Morgan fingerprint density at radius 1 is 1.21 bits per heavy atom. The molecule has 0 spiro atoms. The van der Waals surface area contributed by atoms with Crippen LogP contribution in [0.5, 0.6) is 0 Å². The van der Waals surface area contributed by atoms with Crippen LogP contribution in [0.2, 0.25) is 5.02 Å². The van der Waals surface area contributed by atoms with E-state index in [9.17, 15) is 13.2 Å². The largest absolute Gasteiger partial charge is 0.352 e. The Balaban J connectivity index is 1.71. The molecule has 2 aromatic heterocycles. The summed E-state index contributed by atoms with van der Waals surface area (Å²) in [5.74, 6) is -0.360. The van der Waals surface area contributed by atoms with Gasteiger partial charge < -0.3 is 9.72 Å². The van der Waals surface area contributed by atoms with Crippen molar-refractivity contribution < 1.29 is 13.2 Å². The highest BCUT2D eigenvalue weighted by Crippen LogP contribution is 2.25. The molecule has 0 bridgehead atoms. The predicted molar refractivity (Wildman–Crippen MR) is 113 cm³/mol. The second kappa shape index (κ2) is 8.94. The molecule has 3 rings (SSSR count). The van der Waals surface area contributed by atoms with Crippen molar-refractivity contribution in [2.24, 2.45) is 0 Å². The van der Waals surface area contributed by atoms with Gasteiger partial charge in [0.1, 0.15) is 10.5 Å². The summed E-state index contributed by atoms with van der Waals surface area (Å²) in [5, 5.41) is 2.90. The van der Waals surface area contributed by atoms with Crippen LogP contribution in [0.1, 0.15) is 29.9 Å². The first kappa shape index (κ1) is 21.3. The summed E-state index contributed by atoms with van der Waals surface area (Å²) >= 11 is 6.12. The Kier molecular flexibility index (Phi) is 6.56. The number of carbonyl (C=O) groups is 1. The fourth-order valence-electron chi connectivity index (χ4n) is 3.06. The fourth-order valence-corrected chi connectivity index (χ4v) is 5.02. The van der Waals surface area contributed by atoms with E-state index in [1.54, 1.807) is 13.8 Å². The average molecular weight is 435 g/mol. The number of fused-ring (bicyclic) bond motifs is 1. The number of carbonyl (C=O) groups excluding carboxylic acids is 1. The van der Waals surface area contributed by atoms with Gasteiger partial charge in [-0.05, 0) is 30.3 Å². The van der Waals surface area contributed by atoms with Crippen LogP contribution in [0.15, 0.2) is 53.7 Å². The SMILES string of the molecule is CCN(CC)S(=O)(=O)c1cc(C(=O)NCCc2cn3ccccc3n2)ccc1Cl. The molecule has 0 radical (unpaired) electrons. The number of aromatic nitrogens is 2. The van der Waals surface area contributed by atoms with Crippen LogP contribution >= 0.6 is 11.6 Å². The maximum absolute atomic E-state index is 12.8. The molecule has 9 heteroatoms. The van der Waals surface area contributed by atoms with Crippen LogP contribution < -0.4 is 5.32 Å². The van der Waals surface area contributed by atoms with Crippen molar-refractivity contribution in [1.82, 2.24) is 19.0 Å². The Hall–Kier alpha value is -2.42. The van der Waals surface area contributed by atoms with Gasteiger partial charge in [0.05, 0.1) is 10.7 Å². The van der Waals surface area contributed by atoms with Gasteiger partial charge in [0.2, 0.25) is 10.0 Å². The molecule has 1 amide bonds. The molecule has 0 unspecified atom stereocenters. The molecule has 3 aromatic rings. The van der Waals surface area contributed by atoms with Crippen molar-refractivity contribution in [1.29, 1.82) is 0 Å². The minimum absolute atomic E-state index is 0.0594. The van der Waals surface area contributed by atoms with Crippen LogP contribution in [-0.4, -0.2) is 47.6 Å². The van der Waals surface area contributed by atoms with Crippen molar-refractivity contribution in [2.45, 2.75) is 25.2 Å². The number of sulfonamides is 1. The number of rotatable bonds is 8. The lowest BCUT2D eigenvalue weighted by molar-refractivity contribution is 0.0954. The Morgan fingerprint density at radius 2 is 1.97 bits per heavy atom. The summed E-state index contributed by atoms with van der Waals surface area (Å²) < 4.78 is 28.8. The van der Waals surface area contributed by atoms with Gasteiger partial charge in [0, 0.05) is 44.0 Å². The van der Waals surface area contributed by atoms with Gasteiger partial charge >= 0.3 is 0 Å². The van der Waals surface area contributed by atoms with E-state index in [1.807, 2.05) is 35.0 Å². The first-order chi connectivity index (χ1) is 13.9. The number of nitrogens with one attached hydrogen (secondary N) is 1. The van der Waals surface area contributed by atoms with Crippen molar-refractivity contribution in [2.75, 3.05) is 19.6 Å². The topological polar surface area (TPSA) is 83.8 Å². The molecule has 29 heavy (non-hydrogen) atoms. The smallest absolute Gasteiger partial charge is 0.251 e. The van der Waals surface area contributed by atoms with E-state index in [1.165, 1.54) is 22.5 Å². The van der Waals surface area contributed by atoms with Gasteiger partial charge in [0.15, 0.2) is 0 Å². The van der Waals surface area contributed by atoms with Gasteiger partial charge in [-0.25, -0.2) is 13.4 Å². The monoisotopic (exact) mass is 434 g/mol. The molecule has 0 aliphatic carbocycles. The minimum atomic E-state index is -3.76. The number of imidazole rings is 1. The van der Waals surface area contributed by atoms with E-state index in [0.29, 0.717) is 26.1 Å². The number of hydrogen-bond donors (Lipinski definition) is 1. The normalized spacial score (nSPS) is 11.9. The van der Waals surface area contributed by atoms with E-state index in [2.05, 4.69) is 10.3 Å². The third-order valence-corrected chi connectivity index (χ3v) is 7.13. The van der Waals surface area contributed by atoms with Crippen LogP contribution in [-0.2, 0) is 16.4 Å². The van der Waals surface area contributed by atoms with Crippen LogP contribution in [0.4, 0.5) is 0 Å². The lowest BCUT2D eigenvalue weighted by Crippen LogP contribution is -2.31. The second-order valence-electron chi connectivity index (χ2n) is 6.44. The highest BCUT2D eigenvalue weighted by atomic mass is 35.5. The molecule has 0 atom stereocenters. The maximum atomic E-state index is 12.8. The van der Waals surface area contributed by atoms with Crippen molar-refractivity contribution in [3.05, 3.63) is 65.1 Å². The standard InChI is InChI=1S/C20H23ClN4O3S/c1-3-25(4-2)29(27,28)18-13-15(8-9-17(18)21)20(26)22-11-10-16-14-24-12-6-5-7-19(24)23-16/h5-9,12-14H,3-4,10-11H2,1-2H3,(H,22,26). The number of halogens is 1. The quantitative estimate of drug-likeness (QED) is 0.590. The van der Waals surface area contributed by atoms with Gasteiger partial charge in [-0.1, -0.05) is 31.5 Å². The van der Waals surface area contributed by atoms with Crippen LogP contribution in [0.3, 0.4) is 0 Å². The van der Waals surface area contributed by atoms with Gasteiger partial charge in [-0.3, -0.25) is 4.79 Å². The third kappa shape index (κ3) is 4.60. The summed E-state index contributed by atoms with van der Waals surface area (Å²) in [7, 11) is -3.76. The molecule has 0 aliphatic heterocycles. The Bertz CT molecular complexity index is 1090. The van der Waals surface area contributed by atoms with Crippen molar-refractivity contribution in [3.63, 3.8) is 0 Å². The predicted octanol–water partition coefficient (Wildman–Crippen LogP) is 2.99. The number of benzene rings is 1. The highest BCUT2D eigenvalue weighted by molar-refractivity contribution is 7.89. The fraction of sp³-hybridized carbons (Fsp3) is 0.300. The summed E-state index contributed by atoms with van der Waals surface area (Å²) in [6.07, 6.45) is 4.39. The van der Waals surface area contributed by atoms with Gasteiger partial charge in [-0.15, -0.1) is 0 Å². The molecule has 0 aliphatic rings. The van der Waals surface area contributed by atoms with Crippen LogP contribution in [0.25, 0.3) is 5.65 Å². The molecule has 0 saturated carbocycles. The van der Waals surface area contributed by atoms with Crippen molar-refractivity contribution >= 4 is 33.2 Å². The Labute approximate surface area is 175 Å². The number of amides is 1. The summed E-state index contributed by atoms with van der Waals surface area (Å²) in [6, 6.07) is 10.0. The summed E-state index contributed by atoms with van der Waals surface area (Å²) in [6.45, 7) is 4.54. The molecule has 154 valence electrons. The molecule has 0 saturated heterocycles. The lowest BCUT2D eigenvalue weighted by atomic mass is 10.2. The summed E-state index contributed by atoms with van der Waals surface area (Å²) in [5.41, 5.74) is 1.95. The first-order valence-electron chi connectivity index (χ1n) is 9.37. The van der Waals surface area contributed by atoms with E-state index in [-0.39, 0.29) is 21.4 Å². The maximum Gasteiger partial charge on any atom is 0.251 e. The second-order valence-corrected chi connectivity index (χ2v) is 8.75. The van der Waals surface area contributed by atoms with E-state index >= 15 is 0 Å². The Morgan fingerprint density at radius 3 is 2.66 bits per heavy atom. The molecular formula is C20H23ClN4O3S.